The number of amides is 1. The maximum Gasteiger partial charge on any atom is 0.264 e. The number of hydrogen-bond donors (Lipinski definition) is 1. The first-order valence-corrected chi connectivity index (χ1v) is 9.86. The molecule has 0 aliphatic carbocycles. The van der Waals surface area contributed by atoms with Crippen molar-refractivity contribution in [3.05, 3.63) is 82.0 Å². The summed E-state index contributed by atoms with van der Waals surface area (Å²) in [6.45, 7) is 5.98. The molecular formula is C23H23N5O2. The number of nitrogens with one attached hydrogen (secondary N) is 1. The van der Waals surface area contributed by atoms with Gasteiger partial charge in [-0.1, -0.05) is 36.8 Å². The van der Waals surface area contributed by atoms with Gasteiger partial charge in [-0.2, -0.15) is 5.10 Å². The molecule has 2 aromatic heterocycles. The molecule has 30 heavy (non-hydrogen) atoms. The number of nitrogens with zero attached hydrogens (tertiary/aromatic N) is 4. The molecule has 2 aromatic carbocycles. The Morgan fingerprint density at radius 1 is 1.10 bits per heavy atom. The second-order valence-corrected chi connectivity index (χ2v) is 7.36. The molecule has 0 fully saturated rings. The van der Waals surface area contributed by atoms with Crippen LogP contribution in [0.5, 0.6) is 0 Å². The molecule has 7 nitrogen and oxygen atoms in total. The van der Waals surface area contributed by atoms with E-state index >= 15 is 0 Å². The number of fused-ring (bicyclic) bond motifs is 1. The summed E-state index contributed by atoms with van der Waals surface area (Å²) in [4.78, 5) is 29.7. The van der Waals surface area contributed by atoms with E-state index in [9.17, 15) is 9.59 Å². The number of aromatic nitrogens is 4. The number of rotatable bonds is 5. The maximum atomic E-state index is 12.9. The molecule has 4 rings (SSSR count). The second-order valence-electron chi connectivity index (χ2n) is 7.36. The van der Waals surface area contributed by atoms with E-state index in [1.54, 1.807) is 4.68 Å². The second kappa shape index (κ2) is 7.94. The number of hydrogen-bond acceptors (Lipinski definition) is 4. The molecule has 0 radical (unpaired) electrons. The smallest absolute Gasteiger partial charge is 0.264 e. The van der Waals surface area contributed by atoms with E-state index in [1.165, 1.54) is 22.7 Å². The monoisotopic (exact) mass is 401 g/mol. The third kappa shape index (κ3) is 3.74. The molecule has 0 aliphatic rings. The zero-order chi connectivity index (χ0) is 21.3. The first-order chi connectivity index (χ1) is 14.5. The summed E-state index contributed by atoms with van der Waals surface area (Å²) in [5, 5.41) is 7.55. The lowest BCUT2D eigenvalue weighted by atomic mass is 10.1. The molecule has 7 heteroatoms. The summed E-state index contributed by atoms with van der Waals surface area (Å²) >= 11 is 0. The highest BCUT2D eigenvalue weighted by Gasteiger charge is 2.14. The van der Waals surface area contributed by atoms with E-state index in [0.29, 0.717) is 16.7 Å². The lowest BCUT2D eigenvalue weighted by Crippen LogP contribution is -2.27. The van der Waals surface area contributed by atoms with Gasteiger partial charge in [0.25, 0.3) is 5.56 Å². The Morgan fingerprint density at radius 3 is 2.57 bits per heavy atom. The first-order valence-electron chi connectivity index (χ1n) is 9.86. The third-order valence-corrected chi connectivity index (χ3v) is 5.09. The average Bonchev–Trinajstić information content (AvgIpc) is 3.15. The summed E-state index contributed by atoms with van der Waals surface area (Å²) in [5.74, 6) is -0.288. The molecule has 152 valence electrons. The van der Waals surface area contributed by atoms with Crippen LogP contribution in [0.4, 0.5) is 5.69 Å². The molecule has 0 spiro atoms. The minimum Gasteiger partial charge on any atom is -0.325 e. The molecular weight excluding hydrogens is 378 g/mol. The Balaban J connectivity index is 1.59. The molecule has 1 amide bonds. The minimum atomic E-state index is -0.299. The highest BCUT2D eigenvalue weighted by Crippen LogP contribution is 2.18. The van der Waals surface area contributed by atoms with Crippen LogP contribution in [-0.4, -0.2) is 25.2 Å². The van der Waals surface area contributed by atoms with Crippen molar-refractivity contribution in [1.29, 1.82) is 0 Å². The Morgan fingerprint density at radius 2 is 1.87 bits per heavy atom. The fraction of sp³-hybridized carbons (Fsp3) is 0.217. The van der Waals surface area contributed by atoms with Crippen LogP contribution in [-0.2, 0) is 17.8 Å². The lowest BCUT2D eigenvalue weighted by Gasteiger charge is -2.09. The predicted molar refractivity (Wildman–Crippen MR) is 117 cm³/mol. The minimum absolute atomic E-state index is 0.119. The van der Waals surface area contributed by atoms with Gasteiger partial charge in [0.15, 0.2) is 5.65 Å². The number of aryl methyl sites for hydroxylation is 3. The molecule has 2 heterocycles. The van der Waals surface area contributed by atoms with E-state index < -0.39 is 0 Å². The molecule has 0 saturated carbocycles. The summed E-state index contributed by atoms with van der Waals surface area (Å²) in [7, 11) is 0. The van der Waals surface area contributed by atoms with Gasteiger partial charge in [-0.25, -0.2) is 9.67 Å². The van der Waals surface area contributed by atoms with Crippen LogP contribution in [0.15, 0.2) is 59.8 Å². The molecule has 0 bridgehead atoms. The number of carbonyl (C=O) groups excluding carboxylic acids is 1. The number of carbonyl (C=O) groups is 1. The Labute approximate surface area is 174 Å². The largest absolute Gasteiger partial charge is 0.325 e. The molecule has 0 atom stereocenters. The van der Waals surface area contributed by atoms with E-state index in [2.05, 4.69) is 28.4 Å². The molecule has 1 N–H and O–H groups in total. The van der Waals surface area contributed by atoms with Crippen molar-refractivity contribution in [1.82, 2.24) is 19.3 Å². The summed E-state index contributed by atoms with van der Waals surface area (Å²) in [5.41, 5.74) is 5.12. The zero-order valence-corrected chi connectivity index (χ0v) is 17.2. The summed E-state index contributed by atoms with van der Waals surface area (Å²) < 4.78 is 2.96. The standard InChI is InChI=1S/C23H23N5O2/c1-4-17-6-8-18(9-7-17)26-21(29)13-27-14-24-22-19(23(27)30)12-25-28(22)20-10-5-15(2)11-16(20)3/h5-12,14H,4,13H2,1-3H3,(H,26,29). The van der Waals surface area contributed by atoms with Gasteiger partial charge in [-0.3, -0.25) is 14.2 Å². The Kier molecular flexibility index (Phi) is 5.18. The van der Waals surface area contributed by atoms with Crippen LogP contribution < -0.4 is 10.9 Å². The zero-order valence-electron chi connectivity index (χ0n) is 17.2. The molecule has 0 saturated heterocycles. The van der Waals surface area contributed by atoms with Crippen LogP contribution >= 0.6 is 0 Å². The fourth-order valence-electron chi connectivity index (χ4n) is 3.46. The highest BCUT2D eigenvalue weighted by molar-refractivity contribution is 5.90. The lowest BCUT2D eigenvalue weighted by molar-refractivity contribution is -0.116. The molecule has 0 aliphatic heterocycles. The summed E-state index contributed by atoms with van der Waals surface area (Å²) in [6, 6.07) is 13.7. The van der Waals surface area contributed by atoms with Crippen LogP contribution in [0.1, 0.15) is 23.6 Å². The van der Waals surface area contributed by atoms with Crippen molar-refractivity contribution in [2.24, 2.45) is 0 Å². The van der Waals surface area contributed by atoms with Gasteiger partial charge in [-0.15, -0.1) is 0 Å². The van der Waals surface area contributed by atoms with Gasteiger partial charge in [-0.05, 0) is 49.6 Å². The van der Waals surface area contributed by atoms with E-state index in [0.717, 1.165) is 23.2 Å². The van der Waals surface area contributed by atoms with E-state index in [1.807, 2.05) is 50.2 Å². The Hall–Kier alpha value is -3.74. The van der Waals surface area contributed by atoms with Crippen molar-refractivity contribution in [2.45, 2.75) is 33.7 Å². The third-order valence-electron chi connectivity index (χ3n) is 5.09. The average molecular weight is 401 g/mol. The van der Waals surface area contributed by atoms with Crippen molar-refractivity contribution in [3.8, 4) is 5.69 Å². The van der Waals surface area contributed by atoms with Gasteiger partial charge >= 0.3 is 0 Å². The van der Waals surface area contributed by atoms with Gasteiger partial charge in [0.1, 0.15) is 18.3 Å². The topological polar surface area (TPSA) is 81.8 Å². The van der Waals surface area contributed by atoms with Gasteiger partial charge in [0.2, 0.25) is 5.91 Å². The highest BCUT2D eigenvalue weighted by atomic mass is 16.2. The van der Waals surface area contributed by atoms with Crippen LogP contribution in [0.2, 0.25) is 0 Å². The normalized spacial score (nSPS) is 11.0. The molecule has 4 aromatic rings. The molecule has 0 unspecified atom stereocenters. The van der Waals surface area contributed by atoms with Crippen LogP contribution in [0.25, 0.3) is 16.7 Å². The van der Waals surface area contributed by atoms with Crippen molar-refractivity contribution in [3.63, 3.8) is 0 Å². The van der Waals surface area contributed by atoms with Crippen molar-refractivity contribution < 1.29 is 4.79 Å². The number of anilines is 1. The quantitative estimate of drug-likeness (QED) is 0.556. The van der Waals surface area contributed by atoms with Crippen molar-refractivity contribution in [2.75, 3.05) is 5.32 Å². The van der Waals surface area contributed by atoms with Gasteiger partial charge in [0.05, 0.1) is 11.9 Å². The van der Waals surface area contributed by atoms with Crippen molar-refractivity contribution >= 4 is 22.6 Å². The Bertz CT molecular complexity index is 1290. The van der Waals surface area contributed by atoms with Crippen LogP contribution in [0.3, 0.4) is 0 Å². The first kappa shape index (κ1) is 19.6. The van der Waals surface area contributed by atoms with E-state index in [4.69, 9.17) is 0 Å². The summed E-state index contributed by atoms with van der Waals surface area (Å²) in [6.07, 6.45) is 3.83. The maximum absolute atomic E-state index is 12.9. The fourth-order valence-corrected chi connectivity index (χ4v) is 3.46. The predicted octanol–water partition coefficient (Wildman–Crippen LogP) is 3.40. The van der Waals surface area contributed by atoms with Crippen LogP contribution in [0, 0.1) is 13.8 Å². The van der Waals surface area contributed by atoms with E-state index in [-0.39, 0.29) is 18.0 Å². The van der Waals surface area contributed by atoms with Gasteiger partial charge in [0, 0.05) is 5.69 Å². The number of benzene rings is 2. The van der Waals surface area contributed by atoms with Gasteiger partial charge < -0.3 is 5.32 Å². The SMILES string of the molecule is CCc1ccc(NC(=O)Cn2cnc3c(cnn3-c3ccc(C)cc3C)c2=O)cc1.